The monoisotopic (exact) mass is 207 g/mol. The smallest absolute Gasteiger partial charge is 0.352 e. The molecule has 2 aromatic rings. The van der Waals surface area contributed by atoms with Gasteiger partial charge in [0.1, 0.15) is 17.7 Å². The van der Waals surface area contributed by atoms with Crippen LogP contribution in [0.2, 0.25) is 0 Å². The van der Waals surface area contributed by atoms with Crippen molar-refractivity contribution in [1.29, 1.82) is 0 Å². The van der Waals surface area contributed by atoms with Crippen molar-refractivity contribution in [2.24, 2.45) is 7.05 Å². The highest BCUT2D eigenvalue weighted by atomic mass is 16.5. The second-order valence-corrected chi connectivity index (χ2v) is 3.01. The van der Waals surface area contributed by atoms with E-state index in [9.17, 15) is 4.79 Å². The Bertz CT molecular complexity index is 533. The van der Waals surface area contributed by atoms with Crippen molar-refractivity contribution < 1.29 is 14.6 Å². The number of carbonyl (C=O) groups is 1. The largest absolute Gasteiger partial charge is 0.480 e. The number of methoxy groups -OCH3 is 1. The standard InChI is InChI=1S/C9H9N3O3/c1-12-6(9(13)14)3-5-7(12)10-4-11-8(5)15-2/h3-4H,1-2H3,(H,13,14). The van der Waals surface area contributed by atoms with E-state index < -0.39 is 5.97 Å². The van der Waals surface area contributed by atoms with Gasteiger partial charge in [0.25, 0.3) is 0 Å². The molecule has 78 valence electrons. The van der Waals surface area contributed by atoms with Crippen molar-refractivity contribution in [2.75, 3.05) is 7.11 Å². The number of ether oxygens (including phenoxy) is 1. The molecule has 0 aliphatic rings. The SMILES string of the molecule is COc1ncnc2c1cc(C(=O)O)n2C. The minimum absolute atomic E-state index is 0.156. The topological polar surface area (TPSA) is 77.2 Å². The Morgan fingerprint density at radius 2 is 2.27 bits per heavy atom. The van der Waals surface area contributed by atoms with Crippen LogP contribution in [0.1, 0.15) is 10.5 Å². The fourth-order valence-electron chi connectivity index (χ4n) is 1.48. The van der Waals surface area contributed by atoms with E-state index >= 15 is 0 Å². The molecule has 0 aliphatic carbocycles. The molecule has 0 unspecified atom stereocenters. The van der Waals surface area contributed by atoms with Crippen LogP contribution in [0.25, 0.3) is 11.0 Å². The van der Waals surface area contributed by atoms with Gasteiger partial charge in [0, 0.05) is 7.05 Å². The Morgan fingerprint density at radius 3 is 2.87 bits per heavy atom. The molecule has 0 amide bonds. The summed E-state index contributed by atoms with van der Waals surface area (Å²) < 4.78 is 6.51. The van der Waals surface area contributed by atoms with E-state index in [1.807, 2.05) is 0 Å². The normalized spacial score (nSPS) is 10.5. The van der Waals surface area contributed by atoms with Crippen LogP contribution < -0.4 is 4.74 Å². The fourth-order valence-corrected chi connectivity index (χ4v) is 1.48. The highest BCUT2D eigenvalue weighted by molar-refractivity contribution is 5.94. The quantitative estimate of drug-likeness (QED) is 0.783. The number of nitrogens with zero attached hydrogens (tertiary/aromatic N) is 3. The van der Waals surface area contributed by atoms with Crippen LogP contribution in [0.5, 0.6) is 5.88 Å². The van der Waals surface area contributed by atoms with Gasteiger partial charge in [-0.3, -0.25) is 0 Å². The molecule has 2 aromatic heterocycles. The summed E-state index contributed by atoms with van der Waals surface area (Å²) in [5.41, 5.74) is 0.697. The first-order chi connectivity index (χ1) is 7.15. The Hall–Kier alpha value is -2.11. The molecule has 0 aromatic carbocycles. The van der Waals surface area contributed by atoms with Crippen molar-refractivity contribution in [1.82, 2.24) is 14.5 Å². The molecule has 0 bridgehead atoms. The van der Waals surface area contributed by atoms with Gasteiger partial charge in [-0.25, -0.2) is 14.8 Å². The number of carboxylic acids is 1. The zero-order valence-corrected chi connectivity index (χ0v) is 8.26. The highest BCUT2D eigenvalue weighted by Gasteiger charge is 2.15. The lowest BCUT2D eigenvalue weighted by molar-refractivity contribution is 0.0687. The third-order valence-corrected chi connectivity index (χ3v) is 2.20. The molecule has 0 saturated heterocycles. The summed E-state index contributed by atoms with van der Waals surface area (Å²) in [6.45, 7) is 0. The molecule has 15 heavy (non-hydrogen) atoms. The molecule has 0 fully saturated rings. The van der Waals surface area contributed by atoms with Crippen molar-refractivity contribution >= 4 is 17.0 Å². The molecule has 2 heterocycles. The van der Waals surface area contributed by atoms with Crippen molar-refractivity contribution in [3.63, 3.8) is 0 Å². The average molecular weight is 207 g/mol. The number of hydrogen-bond donors (Lipinski definition) is 1. The average Bonchev–Trinajstić information content (AvgIpc) is 2.56. The van der Waals surface area contributed by atoms with Gasteiger partial charge in [-0.1, -0.05) is 0 Å². The molecular weight excluding hydrogens is 198 g/mol. The number of hydrogen-bond acceptors (Lipinski definition) is 4. The Kier molecular flexibility index (Phi) is 2.03. The second-order valence-electron chi connectivity index (χ2n) is 3.01. The predicted octanol–water partition coefficient (Wildman–Crippen LogP) is 0.675. The van der Waals surface area contributed by atoms with Crippen molar-refractivity contribution in [2.45, 2.75) is 0 Å². The van der Waals surface area contributed by atoms with Crippen LogP contribution in [0, 0.1) is 0 Å². The van der Waals surface area contributed by atoms with Gasteiger partial charge >= 0.3 is 5.97 Å². The molecule has 0 aliphatic heterocycles. The van der Waals surface area contributed by atoms with Crippen molar-refractivity contribution in [3.8, 4) is 5.88 Å². The first kappa shape index (κ1) is 9.45. The van der Waals surface area contributed by atoms with E-state index in [4.69, 9.17) is 9.84 Å². The summed E-state index contributed by atoms with van der Waals surface area (Å²) in [5, 5.41) is 9.52. The van der Waals surface area contributed by atoms with Crippen LogP contribution in [-0.4, -0.2) is 32.7 Å². The lowest BCUT2D eigenvalue weighted by Crippen LogP contribution is -2.04. The van der Waals surface area contributed by atoms with Gasteiger partial charge in [-0.2, -0.15) is 0 Å². The molecule has 6 nitrogen and oxygen atoms in total. The van der Waals surface area contributed by atoms with Gasteiger partial charge < -0.3 is 14.4 Å². The Balaban J connectivity index is 2.81. The van der Waals surface area contributed by atoms with Crippen LogP contribution in [0.15, 0.2) is 12.4 Å². The van der Waals surface area contributed by atoms with E-state index in [0.717, 1.165) is 0 Å². The van der Waals surface area contributed by atoms with E-state index in [1.165, 1.54) is 24.1 Å². The summed E-state index contributed by atoms with van der Waals surface area (Å²) in [4.78, 5) is 18.8. The van der Waals surface area contributed by atoms with Crippen LogP contribution >= 0.6 is 0 Å². The first-order valence-electron chi connectivity index (χ1n) is 4.23. The maximum absolute atomic E-state index is 10.9. The third-order valence-electron chi connectivity index (χ3n) is 2.20. The molecule has 2 rings (SSSR count). The van der Waals surface area contributed by atoms with Crippen LogP contribution in [0.4, 0.5) is 0 Å². The predicted molar refractivity (Wildman–Crippen MR) is 52.0 cm³/mol. The minimum atomic E-state index is -1.00. The molecule has 0 saturated carbocycles. The lowest BCUT2D eigenvalue weighted by Gasteiger charge is -1.99. The van der Waals surface area contributed by atoms with E-state index in [-0.39, 0.29) is 5.69 Å². The third kappa shape index (κ3) is 1.30. The maximum Gasteiger partial charge on any atom is 0.352 e. The number of aromatic nitrogens is 3. The van der Waals surface area contributed by atoms with E-state index in [1.54, 1.807) is 7.05 Å². The van der Waals surface area contributed by atoms with Gasteiger partial charge in [0.15, 0.2) is 0 Å². The fraction of sp³-hybridized carbons (Fsp3) is 0.222. The summed E-state index contributed by atoms with van der Waals surface area (Å²) in [6, 6.07) is 1.50. The number of rotatable bonds is 2. The molecule has 0 atom stereocenters. The van der Waals surface area contributed by atoms with Gasteiger partial charge in [-0.05, 0) is 6.07 Å². The van der Waals surface area contributed by atoms with Gasteiger partial charge in [-0.15, -0.1) is 0 Å². The highest BCUT2D eigenvalue weighted by Crippen LogP contribution is 2.23. The second kappa shape index (κ2) is 3.23. The maximum atomic E-state index is 10.9. The van der Waals surface area contributed by atoms with E-state index in [0.29, 0.717) is 16.9 Å². The van der Waals surface area contributed by atoms with Crippen molar-refractivity contribution in [3.05, 3.63) is 18.1 Å². The van der Waals surface area contributed by atoms with Crippen LogP contribution in [0.3, 0.4) is 0 Å². The number of carboxylic acid groups (broad SMARTS) is 1. The lowest BCUT2D eigenvalue weighted by atomic mass is 10.3. The molecule has 1 N–H and O–H groups in total. The zero-order chi connectivity index (χ0) is 11.0. The first-order valence-corrected chi connectivity index (χ1v) is 4.23. The van der Waals surface area contributed by atoms with E-state index in [2.05, 4.69) is 9.97 Å². The summed E-state index contributed by atoms with van der Waals surface area (Å²) >= 11 is 0. The molecule has 6 heteroatoms. The molecular formula is C9H9N3O3. The minimum Gasteiger partial charge on any atom is -0.480 e. The summed E-state index contributed by atoms with van der Waals surface area (Å²) in [7, 11) is 3.12. The Morgan fingerprint density at radius 1 is 1.53 bits per heavy atom. The van der Waals surface area contributed by atoms with Crippen LogP contribution in [-0.2, 0) is 7.05 Å². The molecule has 0 radical (unpaired) electrons. The number of aryl methyl sites for hydroxylation is 1. The summed E-state index contributed by atoms with van der Waals surface area (Å²) in [5.74, 6) is -0.624. The number of aromatic carboxylic acids is 1. The Labute approximate surface area is 85.1 Å². The molecule has 0 spiro atoms. The zero-order valence-electron chi connectivity index (χ0n) is 8.26. The number of fused-ring (bicyclic) bond motifs is 1. The summed E-state index contributed by atoms with van der Waals surface area (Å²) in [6.07, 6.45) is 1.34. The van der Waals surface area contributed by atoms with Gasteiger partial charge in [0.05, 0.1) is 12.5 Å². The van der Waals surface area contributed by atoms with Gasteiger partial charge in [0.2, 0.25) is 5.88 Å².